The van der Waals surface area contributed by atoms with Crippen molar-refractivity contribution in [2.75, 3.05) is 6.61 Å². The third-order valence-electron chi connectivity index (χ3n) is 4.32. The highest BCUT2D eigenvalue weighted by atomic mass is 35.5. The molecule has 174 valence electrons. The van der Waals surface area contributed by atoms with E-state index < -0.39 is 16.8 Å². The normalized spacial score (nSPS) is 10.7. The van der Waals surface area contributed by atoms with Crippen molar-refractivity contribution >= 4 is 47.0 Å². The van der Waals surface area contributed by atoms with Crippen LogP contribution in [-0.4, -0.2) is 29.6 Å². The topological polar surface area (TPSA) is 120 Å². The largest absolute Gasteiger partial charge is 0.490 e. The predicted molar refractivity (Wildman–Crippen MR) is 127 cm³/mol. The fourth-order valence-corrected chi connectivity index (χ4v) is 3.24. The van der Waals surface area contributed by atoms with Gasteiger partial charge in [-0.15, -0.1) is 0 Å². The molecule has 0 atom stereocenters. The van der Waals surface area contributed by atoms with Crippen LogP contribution in [0, 0.1) is 10.1 Å². The van der Waals surface area contributed by atoms with Crippen LogP contribution in [-0.2, 0) is 0 Å². The van der Waals surface area contributed by atoms with Crippen LogP contribution in [0.1, 0.15) is 33.2 Å². The molecule has 0 heterocycles. The molecule has 0 aromatic heterocycles. The first kappa shape index (κ1) is 24.7. The smallest absolute Gasteiger partial charge is 0.345 e. The highest BCUT2D eigenvalue weighted by Crippen LogP contribution is 2.30. The first-order valence-electron chi connectivity index (χ1n) is 9.80. The summed E-state index contributed by atoms with van der Waals surface area (Å²) in [7, 11) is 0. The minimum atomic E-state index is -0.687. The van der Waals surface area contributed by atoms with Gasteiger partial charge in [-0.25, -0.2) is 10.2 Å². The molecule has 0 aliphatic rings. The molecule has 0 radical (unpaired) electrons. The second kappa shape index (κ2) is 11.3. The van der Waals surface area contributed by atoms with Crippen LogP contribution in [0.25, 0.3) is 0 Å². The zero-order valence-corrected chi connectivity index (χ0v) is 19.2. The number of benzene rings is 3. The molecule has 9 nitrogen and oxygen atoms in total. The zero-order valence-electron chi connectivity index (χ0n) is 17.7. The van der Waals surface area contributed by atoms with Crippen molar-refractivity contribution in [3.63, 3.8) is 0 Å². The number of non-ortho nitro benzene ring substituents is 1. The summed E-state index contributed by atoms with van der Waals surface area (Å²) in [5, 5.41) is 15.3. The van der Waals surface area contributed by atoms with E-state index in [9.17, 15) is 19.7 Å². The van der Waals surface area contributed by atoms with Gasteiger partial charge in [0.2, 0.25) is 0 Å². The van der Waals surface area contributed by atoms with Crippen LogP contribution in [0.15, 0.2) is 65.8 Å². The van der Waals surface area contributed by atoms with E-state index in [2.05, 4.69) is 10.5 Å². The van der Waals surface area contributed by atoms with E-state index >= 15 is 0 Å². The molecule has 0 bridgehead atoms. The summed E-state index contributed by atoms with van der Waals surface area (Å²) in [6, 6.07) is 14.4. The van der Waals surface area contributed by atoms with Gasteiger partial charge in [-0.3, -0.25) is 14.9 Å². The number of amides is 1. The van der Waals surface area contributed by atoms with Gasteiger partial charge in [0, 0.05) is 22.7 Å². The first-order valence-corrected chi connectivity index (χ1v) is 10.6. The molecule has 0 unspecified atom stereocenters. The minimum Gasteiger partial charge on any atom is -0.490 e. The highest BCUT2D eigenvalue weighted by molar-refractivity contribution is 6.36. The zero-order chi connectivity index (χ0) is 24.7. The SMILES string of the molecule is CCOc1cc(/C=N\NC(=O)c2cccc([N+](=O)[O-])c2)ccc1OC(=O)c1ccc(Cl)cc1Cl. The number of hydrogen-bond donors (Lipinski definition) is 1. The number of ether oxygens (including phenoxy) is 2. The molecule has 1 amide bonds. The van der Waals surface area contributed by atoms with Crippen LogP contribution in [0.3, 0.4) is 0 Å². The number of nitrogens with one attached hydrogen (secondary N) is 1. The lowest BCUT2D eigenvalue weighted by Gasteiger charge is -2.12. The van der Waals surface area contributed by atoms with Gasteiger partial charge in [-0.05, 0) is 55.0 Å². The van der Waals surface area contributed by atoms with Crippen molar-refractivity contribution in [3.8, 4) is 11.5 Å². The number of carbonyl (C=O) groups is 2. The lowest BCUT2D eigenvalue weighted by molar-refractivity contribution is -0.384. The lowest BCUT2D eigenvalue weighted by atomic mass is 10.2. The summed E-state index contributed by atoms with van der Waals surface area (Å²) in [6.45, 7) is 2.07. The lowest BCUT2D eigenvalue weighted by Crippen LogP contribution is -2.17. The van der Waals surface area contributed by atoms with Gasteiger partial charge in [0.25, 0.3) is 11.6 Å². The summed E-state index contributed by atoms with van der Waals surface area (Å²) in [5.74, 6) is -0.867. The summed E-state index contributed by atoms with van der Waals surface area (Å²) in [5.41, 5.74) is 2.86. The minimum absolute atomic E-state index is 0.0875. The maximum atomic E-state index is 12.5. The third-order valence-corrected chi connectivity index (χ3v) is 4.87. The molecule has 11 heteroatoms. The maximum Gasteiger partial charge on any atom is 0.345 e. The standard InChI is InChI=1S/C23H17Cl2N3O6/c1-2-33-21-10-14(13-26-27-22(29)15-4-3-5-17(11-15)28(31)32)6-9-20(21)34-23(30)18-8-7-16(24)12-19(18)25/h3-13H,2H2,1H3,(H,27,29)/b26-13-. The molecule has 0 aliphatic carbocycles. The van der Waals surface area contributed by atoms with E-state index in [1.54, 1.807) is 19.1 Å². The molecular formula is C23H17Cl2N3O6. The Bertz CT molecular complexity index is 1280. The molecular weight excluding hydrogens is 485 g/mol. The van der Waals surface area contributed by atoms with Gasteiger partial charge in [-0.2, -0.15) is 5.10 Å². The van der Waals surface area contributed by atoms with E-state index in [0.29, 0.717) is 17.2 Å². The Morgan fingerprint density at radius 2 is 1.88 bits per heavy atom. The second-order valence-corrected chi connectivity index (χ2v) is 7.50. The van der Waals surface area contributed by atoms with E-state index in [1.165, 1.54) is 48.7 Å². The molecule has 0 saturated heterocycles. The Hall–Kier alpha value is -3.95. The van der Waals surface area contributed by atoms with Gasteiger partial charge in [0.15, 0.2) is 11.5 Å². The number of esters is 1. The molecule has 0 spiro atoms. The average Bonchev–Trinajstić information content (AvgIpc) is 2.80. The van der Waals surface area contributed by atoms with Gasteiger partial charge >= 0.3 is 5.97 Å². The van der Waals surface area contributed by atoms with Gasteiger partial charge < -0.3 is 9.47 Å². The van der Waals surface area contributed by atoms with Crippen molar-refractivity contribution in [2.24, 2.45) is 5.10 Å². The highest BCUT2D eigenvalue weighted by Gasteiger charge is 2.16. The van der Waals surface area contributed by atoms with Crippen LogP contribution >= 0.6 is 23.2 Å². The van der Waals surface area contributed by atoms with Crippen LogP contribution in [0.5, 0.6) is 11.5 Å². The number of carbonyl (C=O) groups excluding carboxylic acids is 2. The van der Waals surface area contributed by atoms with Gasteiger partial charge in [0.1, 0.15) is 0 Å². The Morgan fingerprint density at radius 3 is 2.59 bits per heavy atom. The number of hydrogen-bond acceptors (Lipinski definition) is 7. The number of nitro benzene ring substituents is 1. The summed E-state index contributed by atoms with van der Waals surface area (Å²) in [6.07, 6.45) is 1.35. The summed E-state index contributed by atoms with van der Waals surface area (Å²) in [4.78, 5) is 35.0. The van der Waals surface area contributed by atoms with Crippen molar-refractivity contribution in [1.82, 2.24) is 5.43 Å². The first-order chi connectivity index (χ1) is 16.3. The summed E-state index contributed by atoms with van der Waals surface area (Å²) >= 11 is 11.9. The van der Waals surface area contributed by atoms with E-state index in [4.69, 9.17) is 32.7 Å². The number of rotatable bonds is 8. The molecule has 0 saturated carbocycles. The van der Waals surface area contributed by atoms with E-state index in [0.717, 1.165) is 6.07 Å². The van der Waals surface area contributed by atoms with Crippen LogP contribution in [0.4, 0.5) is 5.69 Å². The van der Waals surface area contributed by atoms with Crippen molar-refractivity contribution < 1.29 is 24.0 Å². The van der Waals surface area contributed by atoms with E-state index in [-0.39, 0.29) is 33.3 Å². The van der Waals surface area contributed by atoms with E-state index in [1.807, 2.05) is 0 Å². The second-order valence-electron chi connectivity index (χ2n) is 6.66. The van der Waals surface area contributed by atoms with Crippen molar-refractivity contribution in [3.05, 3.63) is 97.5 Å². The molecule has 34 heavy (non-hydrogen) atoms. The molecule has 0 fully saturated rings. The number of nitrogens with zero attached hydrogens (tertiary/aromatic N) is 2. The fourth-order valence-electron chi connectivity index (χ4n) is 2.76. The monoisotopic (exact) mass is 501 g/mol. The predicted octanol–water partition coefficient (Wildman–Crippen LogP) is 5.28. The Morgan fingerprint density at radius 1 is 1.09 bits per heavy atom. The third kappa shape index (κ3) is 6.31. The number of nitro groups is 1. The Labute approximate surface area is 204 Å². The maximum absolute atomic E-state index is 12.5. The van der Waals surface area contributed by atoms with Crippen molar-refractivity contribution in [1.29, 1.82) is 0 Å². The van der Waals surface area contributed by atoms with Gasteiger partial charge in [-0.1, -0.05) is 29.3 Å². The summed E-state index contributed by atoms with van der Waals surface area (Å²) < 4.78 is 11.0. The fraction of sp³-hybridized carbons (Fsp3) is 0.0870. The van der Waals surface area contributed by atoms with Crippen LogP contribution < -0.4 is 14.9 Å². The molecule has 3 aromatic carbocycles. The quantitative estimate of drug-likeness (QED) is 0.147. The van der Waals surface area contributed by atoms with Crippen molar-refractivity contribution in [2.45, 2.75) is 6.92 Å². The number of hydrazone groups is 1. The Kier molecular flexibility index (Phi) is 8.18. The molecule has 3 rings (SSSR count). The van der Waals surface area contributed by atoms with Crippen LogP contribution in [0.2, 0.25) is 10.0 Å². The average molecular weight is 502 g/mol. The Balaban J connectivity index is 1.72. The van der Waals surface area contributed by atoms with Gasteiger partial charge in [0.05, 0.1) is 28.3 Å². The molecule has 3 aromatic rings. The molecule has 1 N–H and O–H groups in total. The molecule has 0 aliphatic heterocycles. The number of halogens is 2.